The van der Waals surface area contributed by atoms with E-state index in [9.17, 15) is 13.6 Å². The van der Waals surface area contributed by atoms with Crippen molar-refractivity contribution in [1.82, 2.24) is 20.2 Å². The van der Waals surface area contributed by atoms with Crippen molar-refractivity contribution in [3.63, 3.8) is 0 Å². The number of halogens is 3. The fourth-order valence-electron chi connectivity index (χ4n) is 5.94. The molecule has 3 aromatic rings. The van der Waals surface area contributed by atoms with Gasteiger partial charge in [0.05, 0.1) is 5.52 Å². The van der Waals surface area contributed by atoms with Crippen molar-refractivity contribution in [1.29, 1.82) is 0 Å². The minimum atomic E-state index is -1.08. The smallest absolute Gasteiger partial charge is 0.318 e. The van der Waals surface area contributed by atoms with Gasteiger partial charge >= 0.3 is 6.01 Å². The number of likely N-dealkylation sites (tertiary alicyclic amines) is 1. The normalized spacial score (nSPS) is 23.4. The van der Waals surface area contributed by atoms with Crippen LogP contribution in [0.2, 0.25) is 0 Å². The number of aromatic nitrogens is 2. The van der Waals surface area contributed by atoms with Crippen molar-refractivity contribution in [3.05, 3.63) is 59.7 Å². The van der Waals surface area contributed by atoms with E-state index in [2.05, 4.69) is 33.2 Å². The third-order valence-corrected chi connectivity index (χ3v) is 8.02. The number of amides is 1. The Morgan fingerprint density at radius 2 is 2.05 bits per heavy atom. The number of carbonyl (C=O) groups is 1. The van der Waals surface area contributed by atoms with Crippen molar-refractivity contribution >= 4 is 22.6 Å². The third-order valence-electron chi connectivity index (χ3n) is 8.02. The highest BCUT2D eigenvalue weighted by Gasteiger charge is 2.46. The first-order valence-electron chi connectivity index (χ1n) is 13.3. The SMILES string of the molecule is C=C(F)C(=O)NCCNc1nc(OC[C@@H]2C[C@@H](F)CN2C)nc2cc(-c3cccc4c3C3CC3C4)c(F)cc12. The molecule has 10 heteroatoms. The topological polar surface area (TPSA) is 79.4 Å². The zero-order valence-electron chi connectivity index (χ0n) is 21.6. The van der Waals surface area contributed by atoms with Crippen LogP contribution in [0.1, 0.15) is 29.9 Å². The first-order valence-corrected chi connectivity index (χ1v) is 13.3. The number of nitrogens with one attached hydrogen (secondary N) is 2. The maximum atomic E-state index is 15.6. The average molecular weight is 538 g/mol. The predicted octanol–water partition coefficient (Wildman–Crippen LogP) is 4.53. The predicted molar refractivity (Wildman–Crippen MR) is 143 cm³/mol. The summed E-state index contributed by atoms with van der Waals surface area (Å²) in [5.74, 6) is -0.891. The highest BCUT2D eigenvalue weighted by Crippen LogP contribution is 2.58. The van der Waals surface area contributed by atoms with Gasteiger partial charge in [-0.15, -0.1) is 0 Å². The van der Waals surface area contributed by atoms with E-state index in [4.69, 9.17) is 4.74 Å². The molecule has 0 bridgehead atoms. The van der Waals surface area contributed by atoms with Crippen molar-refractivity contribution < 1.29 is 22.7 Å². The second kappa shape index (κ2) is 10.1. The number of hydrogen-bond donors (Lipinski definition) is 2. The lowest BCUT2D eigenvalue weighted by molar-refractivity contribution is -0.118. The second-order valence-corrected chi connectivity index (χ2v) is 10.7. The van der Waals surface area contributed by atoms with Crippen LogP contribution in [-0.4, -0.2) is 66.3 Å². The Labute approximate surface area is 224 Å². The summed E-state index contributed by atoms with van der Waals surface area (Å²) < 4.78 is 48.4. The molecule has 1 amide bonds. The largest absolute Gasteiger partial charge is 0.462 e. The Morgan fingerprint density at radius 3 is 2.82 bits per heavy atom. The average Bonchev–Trinajstić information content (AvgIpc) is 3.45. The van der Waals surface area contributed by atoms with Crippen LogP contribution in [0.25, 0.3) is 22.0 Å². The summed E-state index contributed by atoms with van der Waals surface area (Å²) in [5, 5.41) is 5.92. The molecule has 4 atom stereocenters. The summed E-state index contributed by atoms with van der Waals surface area (Å²) in [6, 6.07) is 9.17. The highest BCUT2D eigenvalue weighted by atomic mass is 19.1. The second-order valence-electron chi connectivity index (χ2n) is 10.7. The Hall–Kier alpha value is -3.66. The van der Waals surface area contributed by atoms with Gasteiger partial charge in [0.25, 0.3) is 5.91 Å². The molecular weight excluding hydrogens is 507 g/mol. The van der Waals surface area contributed by atoms with Gasteiger partial charge in [0.1, 0.15) is 24.4 Å². The molecule has 2 N–H and O–H groups in total. The van der Waals surface area contributed by atoms with Crippen LogP contribution in [0.15, 0.2) is 42.7 Å². The van der Waals surface area contributed by atoms with Crippen LogP contribution in [0.3, 0.4) is 0 Å². The third kappa shape index (κ3) is 5.05. The summed E-state index contributed by atoms with van der Waals surface area (Å²) in [6.07, 6.45) is 1.65. The van der Waals surface area contributed by atoms with E-state index < -0.39 is 17.9 Å². The fraction of sp³-hybridized carbons (Fsp3) is 0.414. The Kier molecular flexibility index (Phi) is 6.66. The van der Waals surface area contributed by atoms with Gasteiger partial charge in [0.2, 0.25) is 0 Å². The molecule has 6 rings (SSSR count). The van der Waals surface area contributed by atoms with Gasteiger partial charge in [-0.2, -0.15) is 9.97 Å². The molecule has 204 valence electrons. The number of benzene rings is 2. The Morgan fingerprint density at radius 1 is 1.21 bits per heavy atom. The molecule has 7 nitrogen and oxygen atoms in total. The summed E-state index contributed by atoms with van der Waals surface area (Å²) in [7, 11) is 1.85. The molecule has 2 unspecified atom stereocenters. The zero-order valence-corrected chi connectivity index (χ0v) is 21.6. The molecule has 2 aliphatic carbocycles. The maximum Gasteiger partial charge on any atom is 0.318 e. The molecule has 0 radical (unpaired) electrons. The molecular formula is C29H30F3N5O2. The molecule has 39 heavy (non-hydrogen) atoms. The molecule has 3 aliphatic rings. The quantitative estimate of drug-likeness (QED) is 0.309. The van der Waals surface area contributed by atoms with Gasteiger partial charge in [-0.25, -0.2) is 13.2 Å². The molecule has 1 aromatic heterocycles. The molecule has 2 heterocycles. The lowest BCUT2D eigenvalue weighted by Gasteiger charge is -2.19. The number of hydrogen-bond acceptors (Lipinski definition) is 6. The summed E-state index contributed by atoms with van der Waals surface area (Å²) in [6.45, 7) is 3.82. The van der Waals surface area contributed by atoms with Crippen LogP contribution in [0.5, 0.6) is 6.01 Å². The van der Waals surface area contributed by atoms with Gasteiger partial charge in [0, 0.05) is 36.6 Å². The van der Waals surface area contributed by atoms with E-state index in [1.54, 1.807) is 6.07 Å². The number of anilines is 1. The zero-order chi connectivity index (χ0) is 27.3. The minimum Gasteiger partial charge on any atom is -0.462 e. The van der Waals surface area contributed by atoms with Crippen LogP contribution in [0.4, 0.5) is 19.0 Å². The van der Waals surface area contributed by atoms with Crippen molar-refractivity contribution in [2.24, 2.45) is 5.92 Å². The minimum absolute atomic E-state index is 0.0833. The van der Waals surface area contributed by atoms with Gasteiger partial charge < -0.3 is 15.4 Å². The molecule has 0 spiro atoms. The van der Waals surface area contributed by atoms with Crippen LogP contribution in [0, 0.1) is 11.7 Å². The van der Waals surface area contributed by atoms with Gasteiger partial charge in [-0.3, -0.25) is 9.69 Å². The van der Waals surface area contributed by atoms with Crippen molar-refractivity contribution in [3.8, 4) is 17.1 Å². The number of rotatable bonds is 9. The summed E-state index contributed by atoms with van der Waals surface area (Å²) in [4.78, 5) is 22.4. The van der Waals surface area contributed by atoms with Gasteiger partial charge in [-0.05, 0) is 67.0 Å². The van der Waals surface area contributed by atoms with E-state index in [0.717, 1.165) is 18.4 Å². The monoisotopic (exact) mass is 537 g/mol. The van der Waals surface area contributed by atoms with E-state index in [0.29, 0.717) is 47.1 Å². The maximum absolute atomic E-state index is 15.6. The Bertz CT molecular complexity index is 1460. The van der Waals surface area contributed by atoms with E-state index in [1.807, 2.05) is 24.1 Å². The van der Waals surface area contributed by atoms with E-state index >= 15 is 4.39 Å². The van der Waals surface area contributed by atoms with Crippen LogP contribution in [-0.2, 0) is 11.2 Å². The van der Waals surface area contributed by atoms with Gasteiger partial charge in [0.15, 0.2) is 5.83 Å². The number of ether oxygens (including phenoxy) is 1. The molecule has 2 fully saturated rings. The van der Waals surface area contributed by atoms with Crippen LogP contribution < -0.4 is 15.4 Å². The molecule has 1 saturated carbocycles. The number of nitrogens with zero attached hydrogens (tertiary/aromatic N) is 3. The summed E-state index contributed by atoms with van der Waals surface area (Å²) >= 11 is 0. The first kappa shape index (κ1) is 25.6. The fourth-order valence-corrected chi connectivity index (χ4v) is 5.94. The summed E-state index contributed by atoms with van der Waals surface area (Å²) in [5.41, 5.74) is 4.38. The molecule has 1 saturated heterocycles. The van der Waals surface area contributed by atoms with Crippen molar-refractivity contribution in [2.75, 3.05) is 38.6 Å². The van der Waals surface area contributed by atoms with E-state index in [-0.39, 0.29) is 37.6 Å². The number of carbonyl (C=O) groups excluding carboxylic acids is 1. The standard InChI is InChI=1S/C29H30F3N5O2/c1-15(30)28(38)34-7-6-33-27-23-11-24(32)22(20-5-3-4-16-8-17-9-21(17)26(16)20)12-25(23)35-29(36-27)39-14-19-10-18(31)13-37(19)2/h3-5,11-12,17-19,21H,1,6-10,13-14H2,2H3,(H,34,38)(H,33,35,36)/t17?,18-,19+,21?/m1/s1. The molecule has 1 aliphatic heterocycles. The lowest BCUT2D eigenvalue weighted by atomic mass is 9.93. The number of likely N-dealkylation sites (N-methyl/N-ethyl adjacent to an activating group) is 1. The highest BCUT2D eigenvalue weighted by molar-refractivity contribution is 5.93. The Balaban J connectivity index is 1.32. The molecule has 2 aromatic carbocycles. The lowest BCUT2D eigenvalue weighted by Crippen LogP contribution is -2.31. The number of fused-ring (bicyclic) bond motifs is 4. The number of alkyl halides is 1. The van der Waals surface area contributed by atoms with Crippen molar-refractivity contribution in [2.45, 2.75) is 37.4 Å². The van der Waals surface area contributed by atoms with Crippen LogP contribution >= 0.6 is 0 Å². The van der Waals surface area contributed by atoms with E-state index in [1.165, 1.54) is 17.2 Å². The van der Waals surface area contributed by atoms with Gasteiger partial charge in [-0.1, -0.05) is 24.8 Å². The first-order chi connectivity index (χ1) is 18.8.